The van der Waals surface area contributed by atoms with Gasteiger partial charge in [-0.2, -0.15) is 5.26 Å². The van der Waals surface area contributed by atoms with E-state index >= 15 is 0 Å². The van der Waals surface area contributed by atoms with Crippen LogP contribution in [0.3, 0.4) is 0 Å². The number of aromatic nitrogens is 1. The Labute approximate surface area is 119 Å². The van der Waals surface area contributed by atoms with Crippen LogP contribution in [0, 0.1) is 11.3 Å². The molecule has 2 rings (SSSR count). The van der Waals surface area contributed by atoms with E-state index in [1.807, 2.05) is 0 Å². The van der Waals surface area contributed by atoms with Gasteiger partial charge >= 0.3 is 0 Å². The number of hydrogen-bond donors (Lipinski definition) is 0. The van der Waals surface area contributed by atoms with Gasteiger partial charge in [-0.15, -0.1) is 11.3 Å². The summed E-state index contributed by atoms with van der Waals surface area (Å²) in [6.45, 7) is 3.78. The molecule has 2 heterocycles. The van der Waals surface area contributed by atoms with Crippen LogP contribution in [-0.2, 0) is 24.3 Å². The summed E-state index contributed by atoms with van der Waals surface area (Å²) in [5.74, 6) is 0. The molecule has 0 spiro atoms. The molecule has 5 heteroatoms. The van der Waals surface area contributed by atoms with Crippen molar-refractivity contribution in [3.8, 4) is 6.07 Å². The molecule has 0 N–H and O–H groups in total. The fourth-order valence-corrected chi connectivity index (χ4v) is 3.50. The maximum atomic E-state index is 8.86. The van der Waals surface area contributed by atoms with Crippen LogP contribution >= 0.6 is 11.3 Å². The first-order valence-electron chi connectivity index (χ1n) is 6.89. The summed E-state index contributed by atoms with van der Waals surface area (Å²) in [5, 5.41) is 9.98. The lowest BCUT2D eigenvalue weighted by Crippen LogP contribution is -2.23. The Morgan fingerprint density at radius 1 is 1.32 bits per heavy atom. The Morgan fingerprint density at radius 2 is 2.05 bits per heavy atom. The molecule has 0 unspecified atom stereocenters. The van der Waals surface area contributed by atoms with Crippen LogP contribution in [-0.4, -0.2) is 30.1 Å². The van der Waals surface area contributed by atoms with Gasteiger partial charge in [-0.1, -0.05) is 12.8 Å². The first-order chi connectivity index (χ1) is 9.33. The molecule has 0 amide bonds. The smallest absolute Gasteiger partial charge is 0.107 e. The van der Waals surface area contributed by atoms with Gasteiger partial charge < -0.3 is 4.74 Å². The second-order valence-corrected chi connectivity index (χ2v) is 6.10. The van der Waals surface area contributed by atoms with Gasteiger partial charge in [-0.25, -0.2) is 4.98 Å². The van der Waals surface area contributed by atoms with Gasteiger partial charge in [0.25, 0.3) is 0 Å². The van der Waals surface area contributed by atoms with Crippen LogP contribution in [0.15, 0.2) is 0 Å². The molecule has 0 radical (unpaired) electrons. The molecule has 1 aromatic rings. The van der Waals surface area contributed by atoms with E-state index in [2.05, 4.69) is 16.0 Å². The van der Waals surface area contributed by atoms with Crippen molar-refractivity contribution in [1.29, 1.82) is 5.26 Å². The maximum absolute atomic E-state index is 8.86. The first-order valence-corrected chi connectivity index (χ1v) is 7.71. The SMILES string of the molecule is COCc1nc(CN2CCCCCC2)sc1CC#N. The molecule has 19 heavy (non-hydrogen) atoms. The van der Waals surface area contributed by atoms with Gasteiger partial charge in [0, 0.05) is 12.0 Å². The van der Waals surface area contributed by atoms with Gasteiger partial charge in [0.15, 0.2) is 0 Å². The molecule has 1 aliphatic heterocycles. The second-order valence-electron chi connectivity index (χ2n) is 4.94. The minimum atomic E-state index is 0.441. The van der Waals surface area contributed by atoms with E-state index in [0.717, 1.165) is 22.1 Å². The molecular formula is C14H21N3OS. The molecule has 1 aliphatic rings. The molecule has 0 bridgehead atoms. The van der Waals surface area contributed by atoms with Crippen molar-refractivity contribution in [3.05, 3.63) is 15.6 Å². The van der Waals surface area contributed by atoms with E-state index in [9.17, 15) is 0 Å². The molecule has 0 aliphatic carbocycles. The molecule has 0 saturated carbocycles. The molecule has 0 aromatic carbocycles. The molecular weight excluding hydrogens is 258 g/mol. The number of rotatable bonds is 5. The normalized spacial score (nSPS) is 17.1. The van der Waals surface area contributed by atoms with Gasteiger partial charge in [0.2, 0.25) is 0 Å². The number of nitrogens with zero attached hydrogens (tertiary/aromatic N) is 3. The van der Waals surface area contributed by atoms with Gasteiger partial charge in [-0.05, 0) is 25.9 Å². The minimum Gasteiger partial charge on any atom is -0.378 e. The van der Waals surface area contributed by atoms with Crippen molar-refractivity contribution in [2.24, 2.45) is 0 Å². The lowest BCUT2D eigenvalue weighted by molar-refractivity contribution is 0.181. The van der Waals surface area contributed by atoms with Crippen molar-refractivity contribution in [2.45, 2.75) is 45.3 Å². The Morgan fingerprint density at radius 3 is 2.68 bits per heavy atom. The minimum absolute atomic E-state index is 0.441. The van der Waals surface area contributed by atoms with Crippen LogP contribution in [0.1, 0.15) is 41.3 Å². The summed E-state index contributed by atoms with van der Waals surface area (Å²) < 4.78 is 5.16. The number of hydrogen-bond acceptors (Lipinski definition) is 5. The van der Waals surface area contributed by atoms with Crippen molar-refractivity contribution in [2.75, 3.05) is 20.2 Å². The van der Waals surface area contributed by atoms with Crippen molar-refractivity contribution < 1.29 is 4.74 Å². The van der Waals surface area contributed by atoms with Gasteiger partial charge in [0.1, 0.15) is 5.01 Å². The molecule has 0 atom stereocenters. The summed E-state index contributed by atoms with van der Waals surface area (Å²) >= 11 is 1.67. The third-order valence-electron chi connectivity index (χ3n) is 3.40. The molecule has 1 aromatic heterocycles. The van der Waals surface area contributed by atoms with Crippen LogP contribution in [0.5, 0.6) is 0 Å². The van der Waals surface area contributed by atoms with Crippen molar-refractivity contribution in [1.82, 2.24) is 9.88 Å². The Balaban J connectivity index is 2.02. The van der Waals surface area contributed by atoms with Crippen LogP contribution in [0.4, 0.5) is 0 Å². The number of thiazole rings is 1. The van der Waals surface area contributed by atoms with Gasteiger partial charge in [-0.3, -0.25) is 4.90 Å². The average Bonchev–Trinajstić information content (AvgIpc) is 2.62. The van der Waals surface area contributed by atoms with E-state index < -0.39 is 0 Å². The predicted octanol–water partition coefficient (Wildman–Crippen LogP) is 2.73. The topological polar surface area (TPSA) is 49.1 Å². The zero-order valence-electron chi connectivity index (χ0n) is 11.5. The average molecular weight is 279 g/mol. The van der Waals surface area contributed by atoms with Crippen LogP contribution in [0.2, 0.25) is 0 Å². The third-order valence-corrected chi connectivity index (χ3v) is 4.48. The van der Waals surface area contributed by atoms with E-state index in [0.29, 0.717) is 13.0 Å². The van der Waals surface area contributed by atoms with E-state index in [1.165, 1.54) is 38.8 Å². The number of nitriles is 1. The maximum Gasteiger partial charge on any atom is 0.107 e. The summed E-state index contributed by atoms with van der Waals surface area (Å²) in [6.07, 6.45) is 5.73. The highest BCUT2D eigenvalue weighted by molar-refractivity contribution is 7.11. The summed E-state index contributed by atoms with van der Waals surface area (Å²) in [6, 6.07) is 2.21. The number of ether oxygens (including phenoxy) is 1. The zero-order chi connectivity index (χ0) is 13.5. The fraction of sp³-hybridized carbons (Fsp3) is 0.714. The van der Waals surface area contributed by atoms with E-state index in [4.69, 9.17) is 10.00 Å². The Hall–Kier alpha value is -0.960. The van der Waals surface area contributed by atoms with E-state index in [1.54, 1.807) is 18.4 Å². The molecule has 1 fully saturated rings. The Kier molecular flexibility index (Phi) is 5.77. The third kappa shape index (κ3) is 4.27. The standard InChI is InChI=1S/C14H21N3OS/c1-18-11-12-13(6-7-15)19-14(16-12)10-17-8-4-2-3-5-9-17/h2-6,8-11H2,1H3. The monoisotopic (exact) mass is 279 g/mol. The largest absolute Gasteiger partial charge is 0.378 e. The summed E-state index contributed by atoms with van der Waals surface area (Å²) in [4.78, 5) is 8.19. The highest BCUT2D eigenvalue weighted by Crippen LogP contribution is 2.22. The lowest BCUT2D eigenvalue weighted by Gasteiger charge is -2.17. The molecule has 4 nitrogen and oxygen atoms in total. The van der Waals surface area contributed by atoms with Crippen molar-refractivity contribution >= 4 is 11.3 Å². The lowest BCUT2D eigenvalue weighted by atomic mass is 10.2. The molecule has 104 valence electrons. The quantitative estimate of drug-likeness (QED) is 0.831. The number of likely N-dealkylation sites (tertiary alicyclic amines) is 1. The molecule has 1 saturated heterocycles. The highest BCUT2D eigenvalue weighted by Gasteiger charge is 2.15. The second kappa shape index (κ2) is 7.59. The fourth-order valence-electron chi connectivity index (χ4n) is 2.45. The summed E-state index contributed by atoms with van der Waals surface area (Å²) in [5.41, 5.74) is 0.943. The van der Waals surface area contributed by atoms with Gasteiger partial charge in [0.05, 0.1) is 31.3 Å². The summed E-state index contributed by atoms with van der Waals surface area (Å²) in [7, 11) is 1.67. The van der Waals surface area contributed by atoms with Crippen molar-refractivity contribution in [3.63, 3.8) is 0 Å². The Bertz CT molecular complexity index is 430. The van der Waals surface area contributed by atoms with E-state index in [-0.39, 0.29) is 0 Å². The highest BCUT2D eigenvalue weighted by atomic mass is 32.1. The van der Waals surface area contributed by atoms with Crippen LogP contribution in [0.25, 0.3) is 0 Å². The van der Waals surface area contributed by atoms with Crippen LogP contribution < -0.4 is 0 Å². The first kappa shape index (κ1) is 14.4. The number of methoxy groups -OCH3 is 1. The predicted molar refractivity (Wildman–Crippen MR) is 75.9 cm³/mol. The zero-order valence-corrected chi connectivity index (χ0v) is 12.3.